The highest BCUT2D eigenvalue weighted by Gasteiger charge is 2.18. The van der Waals surface area contributed by atoms with Crippen LogP contribution in [0.25, 0.3) is 16.7 Å². The molecule has 0 aliphatic carbocycles. The Kier molecular flexibility index (Phi) is 5.33. The van der Waals surface area contributed by atoms with Gasteiger partial charge in [-0.25, -0.2) is 9.67 Å². The molecule has 0 radical (unpaired) electrons. The summed E-state index contributed by atoms with van der Waals surface area (Å²) in [6.45, 7) is 3.65. The van der Waals surface area contributed by atoms with Crippen molar-refractivity contribution >= 4 is 22.6 Å². The van der Waals surface area contributed by atoms with E-state index in [1.807, 2.05) is 38.1 Å². The Morgan fingerprint density at radius 1 is 1.13 bits per heavy atom. The number of hydrogen-bond acceptors (Lipinski definition) is 5. The van der Waals surface area contributed by atoms with Crippen molar-refractivity contribution in [1.29, 1.82) is 5.26 Å². The molecule has 154 valence electrons. The number of hydrogen-bond donors (Lipinski definition) is 0. The first kappa shape index (κ1) is 20.0. The molecule has 0 N–H and O–H groups in total. The van der Waals surface area contributed by atoms with Crippen LogP contribution in [0.2, 0.25) is 0 Å². The van der Waals surface area contributed by atoms with Crippen molar-refractivity contribution in [3.05, 3.63) is 82.5 Å². The number of amides is 1. The first-order chi connectivity index (χ1) is 15.0. The van der Waals surface area contributed by atoms with Gasteiger partial charge in [0.15, 0.2) is 5.65 Å². The third kappa shape index (κ3) is 3.94. The van der Waals surface area contributed by atoms with Crippen molar-refractivity contribution in [2.75, 3.05) is 11.4 Å². The summed E-state index contributed by atoms with van der Waals surface area (Å²) in [5.41, 5.74) is 3.64. The summed E-state index contributed by atoms with van der Waals surface area (Å²) >= 11 is 0. The van der Waals surface area contributed by atoms with E-state index in [2.05, 4.69) is 16.1 Å². The molecule has 0 unspecified atom stereocenters. The standard InChI is InChI=1S/C23H20N6O2/c1-16-10-17(2)12-19(11-16)29-22-20(13-26-29)23(31)27(15-25-22)14-21(30)28(9-8-24)18-6-4-3-5-7-18/h3-7,10-13,15H,9,14H2,1-2H3. The molecule has 0 aliphatic rings. The number of carbonyl (C=O) groups is 1. The van der Waals surface area contributed by atoms with E-state index >= 15 is 0 Å². The summed E-state index contributed by atoms with van der Waals surface area (Å²) in [5.74, 6) is -0.377. The predicted octanol–water partition coefficient (Wildman–Crippen LogP) is 2.76. The maximum atomic E-state index is 13.0. The molecule has 2 aromatic carbocycles. The second-order valence-electron chi connectivity index (χ2n) is 7.29. The van der Waals surface area contributed by atoms with Crippen LogP contribution in [0.15, 0.2) is 65.8 Å². The fourth-order valence-corrected chi connectivity index (χ4v) is 3.56. The molecule has 2 aromatic heterocycles. The van der Waals surface area contributed by atoms with Gasteiger partial charge in [0.05, 0.1) is 18.0 Å². The van der Waals surface area contributed by atoms with Crippen molar-refractivity contribution in [1.82, 2.24) is 19.3 Å². The molecule has 8 heteroatoms. The van der Waals surface area contributed by atoms with E-state index in [9.17, 15) is 9.59 Å². The van der Waals surface area contributed by atoms with Gasteiger partial charge in [0.2, 0.25) is 5.91 Å². The lowest BCUT2D eigenvalue weighted by Gasteiger charge is -2.20. The molecule has 31 heavy (non-hydrogen) atoms. The molecular formula is C23H20N6O2. The molecule has 8 nitrogen and oxygen atoms in total. The van der Waals surface area contributed by atoms with Crippen molar-refractivity contribution in [2.24, 2.45) is 0 Å². The Morgan fingerprint density at radius 3 is 2.52 bits per heavy atom. The lowest BCUT2D eigenvalue weighted by atomic mass is 10.1. The average Bonchev–Trinajstić information content (AvgIpc) is 3.19. The summed E-state index contributed by atoms with van der Waals surface area (Å²) < 4.78 is 2.86. The van der Waals surface area contributed by atoms with Crippen molar-refractivity contribution < 1.29 is 4.79 Å². The van der Waals surface area contributed by atoms with Gasteiger partial charge in [-0.2, -0.15) is 10.4 Å². The molecule has 0 bridgehead atoms. The zero-order valence-corrected chi connectivity index (χ0v) is 17.2. The molecular weight excluding hydrogens is 392 g/mol. The Balaban J connectivity index is 1.68. The molecule has 4 aromatic rings. The minimum Gasteiger partial charge on any atom is -0.297 e. The van der Waals surface area contributed by atoms with Gasteiger partial charge in [-0.3, -0.25) is 19.1 Å². The van der Waals surface area contributed by atoms with Gasteiger partial charge in [0.1, 0.15) is 24.8 Å². The van der Waals surface area contributed by atoms with E-state index in [0.717, 1.165) is 16.8 Å². The van der Waals surface area contributed by atoms with Crippen LogP contribution >= 0.6 is 0 Å². The van der Waals surface area contributed by atoms with Crippen LogP contribution in [0, 0.1) is 25.2 Å². The summed E-state index contributed by atoms with van der Waals surface area (Å²) in [7, 11) is 0. The number of para-hydroxylation sites is 1. The van der Waals surface area contributed by atoms with Crippen molar-refractivity contribution in [3.8, 4) is 11.8 Å². The number of anilines is 1. The number of carbonyl (C=O) groups excluding carboxylic acids is 1. The van der Waals surface area contributed by atoms with E-state index in [-0.39, 0.29) is 24.6 Å². The highest BCUT2D eigenvalue weighted by atomic mass is 16.2. The number of aromatic nitrogens is 4. The van der Waals surface area contributed by atoms with E-state index < -0.39 is 0 Å². The fourth-order valence-electron chi connectivity index (χ4n) is 3.56. The predicted molar refractivity (Wildman–Crippen MR) is 117 cm³/mol. The summed E-state index contributed by atoms with van der Waals surface area (Å²) in [4.78, 5) is 31.6. The number of nitrogens with zero attached hydrogens (tertiary/aromatic N) is 6. The highest BCUT2D eigenvalue weighted by molar-refractivity contribution is 5.93. The second-order valence-corrected chi connectivity index (χ2v) is 7.29. The largest absolute Gasteiger partial charge is 0.297 e. The van der Waals surface area contributed by atoms with Crippen LogP contribution in [0.5, 0.6) is 0 Å². The van der Waals surface area contributed by atoms with Gasteiger partial charge in [-0.15, -0.1) is 0 Å². The summed E-state index contributed by atoms with van der Waals surface area (Å²) in [6, 6.07) is 16.9. The van der Waals surface area contributed by atoms with E-state index in [0.29, 0.717) is 16.7 Å². The number of rotatable bonds is 5. The van der Waals surface area contributed by atoms with Gasteiger partial charge in [0, 0.05) is 5.69 Å². The van der Waals surface area contributed by atoms with Gasteiger partial charge < -0.3 is 0 Å². The van der Waals surface area contributed by atoms with Gasteiger partial charge in [0.25, 0.3) is 5.56 Å². The molecule has 0 fully saturated rings. The molecule has 0 saturated heterocycles. The molecule has 0 saturated carbocycles. The van der Waals surface area contributed by atoms with Crippen LogP contribution in [0.3, 0.4) is 0 Å². The minimum absolute atomic E-state index is 0.113. The highest BCUT2D eigenvalue weighted by Crippen LogP contribution is 2.17. The first-order valence-corrected chi connectivity index (χ1v) is 9.72. The smallest absolute Gasteiger partial charge is 0.264 e. The monoisotopic (exact) mass is 412 g/mol. The first-order valence-electron chi connectivity index (χ1n) is 9.72. The van der Waals surface area contributed by atoms with Crippen LogP contribution in [0.4, 0.5) is 5.69 Å². The van der Waals surface area contributed by atoms with Crippen LogP contribution in [0.1, 0.15) is 11.1 Å². The van der Waals surface area contributed by atoms with E-state index in [1.165, 1.54) is 22.0 Å². The minimum atomic E-state index is -0.377. The summed E-state index contributed by atoms with van der Waals surface area (Å²) in [6.07, 6.45) is 2.81. The molecule has 4 rings (SSSR count). The van der Waals surface area contributed by atoms with Crippen molar-refractivity contribution in [3.63, 3.8) is 0 Å². The third-order valence-electron chi connectivity index (χ3n) is 4.91. The van der Waals surface area contributed by atoms with Crippen LogP contribution < -0.4 is 10.5 Å². The fraction of sp³-hybridized carbons (Fsp3) is 0.174. The normalized spacial score (nSPS) is 10.7. The zero-order valence-electron chi connectivity index (χ0n) is 17.2. The molecule has 1 amide bonds. The lowest BCUT2D eigenvalue weighted by molar-refractivity contribution is -0.119. The number of nitriles is 1. The Labute approximate surface area is 178 Å². The molecule has 0 atom stereocenters. The zero-order chi connectivity index (χ0) is 22.0. The quantitative estimate of drug-likeness (QED) is 0.470. The topological polar surface area (TPSA) is 96.8 Å². The third-order valence-corrected chi connectivity index (χ3v) is 4.91. The number of aryl methyl sites for hydroxylation is 2. The molecule has 0 aliphatic heterocycles. The number of benzene rings is 2. The molecule has 0 spiro atoms. The van der Waals surface area contributed by atoms with Crippen LogP contribution in [-0.2, 0) is 11.3 Å². The Hall–Kier alpha value is -4.25. The summed E-state index contributed by atoms with van der Waals surface area (Å²) in [5, 5.41) is 13.8. The maximum Gasteiger partial charge on any atom is 0.264 e. The van der Waals surface area contributed by atoms with Gasteiger partial charge in [-0.05, 0) is 49.2 Å². The van der Waals surface area contributed by atoms with Gasteiger partial charge >= 0.3 is 0 Å². The van der Waals surface area contributed by atoms with E-state index in [1.54, 1.807) is 28.9 Å². The lowest BCUT2D eigenvalue weighted by Crippen LogP contribution is -2.37. The second kappa shape index (κ2) is 8.24. The molecule has 2 heterocycles. The van der Waals surface area contributed by atoms with Crippen LogP contribution in [-0.4, -0.2) is 31.8 Å². The SMILES string of the molecule is Cc1cc(C)cc(-n2ncc3c(=O)n(CC(=O)N(CC#N)c4ccccc4)cnc32)c1. The maximum absolute atomic E-state index is 13.0. The van der Waals surface area contributed by atoms with Crippen molar-refractivity contribution in [2.45, 2.75) is 20.4 Å². The van der Waals surface area contributed by atoms with Gasteiger partial charge in [-0.1, -0.05) is 24.3 Å². The number of fused-ring (bicyclic) bond motifs is 1. The average molecular weight is 412 g/mol. The Morgan fingerprint density at radius 2 is 1.84 bits per heavy atom. The van der Waals surface area contributed by atoms with E-state index in [4.69, 9.17) is 5.26 Å². The Bertz CT molecular complexity index is 1340.